The minimum atomic E-state index is -0.477. The lowest BCUT2D eigenvalue weighted by molar-refractivity contribution is -0.119. The number of hydrogen-bond donors (Lipinski definition) is 1. The minimum Gasteiger partial charge on any atom is -0.357 e. The predicted octanol–water partition coefficient (Wildman–Crippen LogP) is 5.89. The molecular weight excluding hydrogens is 384 g/mol. The van der Waals surface area contributed by atoms with E-state index in [2.05, 4.69) is 19.2 Å². The van der Waals surface area contributed by atoms with Gasteiger partial charge in [0.2, 0.25) is 5.91 Å². The molecule has 2 aromatic rings. The number of allylic oxidation sites excluding steroid dienone is 1. The van der Waals surface area contributed by atoms with E-state index < -0.39 is 6.04 Å². The fourth-order valence-corrected chi connectivity index (χ4v) is 4.52. The topological polar surface area (TPSA) is 49.4 Å². The molecule has 0 saturated heterocycles. The molecular formula is C24H25ClN2O2. The molecule has 0 fully saturated rings. The number of fused-ring (bicyclic) bond motifs is 1. The van der Waals surface area contributed by atoms with Gasteiger partial charge < -0.3 is 5.32 Å². The number of Topliss-reactive ketones (excluding diaryl/α,β-unsaturated/α-hetero) is 1. The molecule has 0 saturated carbocycles. The van der Waals surface area contributed by atoms with E-state index in [1.807, 2.05) is 55.5 Å². The van der Waals surface area contributed by atoms with Crippen molar-refractivity contribution in [1.29, 1.82) is 0 Å². The summed E-state index contributed by atoms with van der Waals surface area (Å²) in [6, 6.07) is 14.7. The fraction of sp³-hybridized carbons (Fsp3) is 0.333. The van der Waals surface area contributed by atoms with Crippen molar-refractivity contribution in [3.8, 4) is 0 Å². The van der Waals surface area contributed by atoms with Gasteiger partial charge in [-0.3, -0.25) is 14.5 Å². The standard InChI is InChI=1S/C24H25ClN2O2/c1-4-21(29)27-19-8-6-5-7-17(19)26-18-13-24(2,3)14-20(28)22(18)23(27)15-9-11-16(25)12-10-15/h5-12,23,26H,4,13-14H2,1-3H3. The molecule has 0 bridgehead atoms. The second kappa shape index (κ2) is 7.34. The first-order valence-electron chi connectivity index (χ1n) is 10.0. The van der Waals surface area contributed by atoms with E-state index >= 15 is 0 Å². The Balaban J connectivity index is 2.00. The third-order valence-corrected chi connectivity index (χ3v) is 5.91. The maximum atomic E-state index is 13.4. The number of para-hydroxylation sites is 2. The van der Waals surface area contributed by atoms with Crippen LogP contribution in [0, 0.1) is 5.41 Å². The molecule has 29 heavy (non-hydrogen) atoms. The highest BCUT2D eigenvalue weighted by Crippen LogP contribution is 2.48. The number of carbonyl (C=O) groups excluding carboxylic acids is 2. The molecule has 4 nitrogen and oxygen atoms in total. The number of benzene rings is 2. The van der Waals surface area contributed by atoms with Crippen LogP contribution in [0.5, 0.6) is 0 Å². The first-order valence-corrected chi connectivity index (χ1v) is 10.4. The van der Waals surface area contributed by atoms with Gasteiger partial charge in [0, 0.05) is 29.1 Å². The summed E-state index contributed by atoms with van der Waals surface area (Å²) in [5.41, 5.74) is 3.99. The summed E-state index contributed by atoms with van der Waals surface area (Å²) in [5, 5.41) is 4.13. The van der Waals surface area contributed by atoms with Gasteiger partial charge in [0.25, 0.3) is 0 Å². The Morgan fingerprint density at radius 3 is 2.52 bits per heavy atom. The maximum absolute atomic E-state index is 13.4. The van der Waals surface area contributed by atoms with Crippen molar-refractivity contribution in [2.75, 3.05) is 10.2 Å². The number of amides is 1. The third kappa shape index (κ3) is 3.58. The van der Waals surface area contributed by atoms with Gasteiger partial charge in [-0.2, -0.15) is 0 Å². The number of ketones is 1. The molecule has 4 rings (SSSR count). The van der Waals surface area contributed by atoms with E-state index in [1.165, 1.54) is 0 Å². The number of anilines is 2. The zero-order valence-electron chi connectivity index (χ0n) is 17.0. The third-order valence-electron chi connectivity index (χ3n) is 5.66. The van der Waals surface area contributed by atoms with E-state index in [1.54, 1.807) is 4.90 Å². The average molecular weight is 409 g/mol. The molecule has 1 unspecified atom stereocenters. The molecule has 1 aliphatic heterocycles. The van der Waals surface area contributed by atoms with Crippen LogP contribution in [0.4, 0.5) is 11.4 Å². The van der Waals surface area contributed by atoms with E-state index in [9.17, 15) is 9.59 Å². The van der Waals surface area contributed by atoms with Crippen molar-refractivity contribution < 1.29 is 9.59 Å². The average Bonchev–Trinajstić information content (AvgIpc) is 2.81. The zero-order chi connectivity index (χ0) is 20.8. The van der Waals surface area contributed by atoms with Crippen LogP contribution in [0.1, 0.15) is 51.6 Å². The van der Waals surface area contributed by atoms with Gasteiger partial charge in [0.1, 0.15) is 0 Å². The van der Waals surface area contributed by atoms with Crippen molar-refractivity contribution in [1.82, 2.24) is 0 Å². The number of halogens is 1. The molecule has 1 aliphatic carbocycles. The largest absolute Gasteiger partial charge is 0.357 e. The second-order valence-electron chi connectivity index (χ2n) is 8.55. The van der Waals surface area contributed by atoms with Crippen molar-refractivity contribution in [3.05, 3.63) is 70.4 Å². The van der Waals surface area contributed by atoms with Crippen molar-refractivity contribution >= 4 is 34.7 Å². The fourth-order valence-electron chi connectivity index (χ4n) is 4.39. The molecule has 1 atom stereocenters. The molecule has 1 amide bonds. The highest BCUT2D eigenvalue weighted by Gasteiger charge is 2.42. The van der Waals surface area contributed by atoms with Gasteiger partial charge >= 0.3 is 0 Å². The summed E-state index contributed by atoms with van der Waals surface area (Å²) in [4.78, 5) is 28.4. The van der Waals surface area contributed by atoms with Gasteiger partial charge in [0.05, 0.1) is 17.4 Å². The number of hydrogen-bond acceptors (Lipinski definition) is 3. The molecule has 2 aromatic carbocycles. The van der Waals surface area contributed by atoms with Crippen molar-refractivity contribution in [2.24, 2.45) is 5.41 Å². The molecule has 1 N–H and O–H groups in total. The summed E-state index contributed by atoms with van der Waals surface area (Å²) in [7, 11) is 0. The van der Waals surface area contributed by atoms with Gasteiger partial charge in [-0.05, 0) is 41.7 Å². The van der Waals surface area contributed by atoms with Crippen LogP contribution in [0.2, 0.25) is 5.02 Å². The van der Waals surface area contributed by atoms with Crippen LogP contribution in [-0.2, 0) is 9.59 Å². The Labute approximate surface area is 176 Å². The normalized spacial score (nSPS) is 20.5. The van der Waals surface area contributed by atoms with Gasteiger partial charge in [-0.25, -0.2) is 0 Å². The van der Waals surface area contributed by atoms with Crippen molar-refractivity contribution in [3.63, 3.8) is 0 Å². The Hall–Kier alpha value is -2.59. The predicted molar refractivity (Wildman–Crippen MR) is 117 cm³/mol. The molecule has 1 heterocycles. The van der Waals surface area contributed by atoms with Crippen molar-refractivity contribution in [2.45, 2.75) is 46.1 Å². The van der Waals surface area contributed by atoms with Gasteiger partial charge in [0.15, 0.2) is 5.78 Å². The Bertz CT molecular complexity index is 1010. The van der Waals surface area contributed by atoms with E-state index in [0.29, 0.717) is 23.4 Å². The molecule has 5 heteroatoms. The summed E-state index contributed by atoms with van der Waals surface area (Å²) >= 11 is 6.12. The Morgan fingerprint density at radius 1 is 1.14 bits per heavy atom. The number of carbonyl (C=O) groups is 2. The maximum Gasteiger partial charge on any atom is 0.227 e. The van der Waals surface area contributed by atoms with Crippen LogP contribution in [0.25, 0.3) is 0 Å². The van der Waals surface area contributed by atoms with Crippen LogP contribution in [0.15, 0.2) is 59.8 Å². The first kappa shape index (κ1) is 19.7. The summed E-state index contributed by atoms with van der Waals surface area (Å²) in [6.45, 7) is 6.07. The second-order valence-corrected chi connectivity index (χ2v) is 8.98. The summed E-state index contributed by atoms with van der Waals surface area (Å²) < 4.78 is 0. The molecule has 2 aliphatic rings. The lowest BCUT2D eigenvalue weighted by atomic mass is 9.73. The van der Waals surface area contributed by atoms with E-state index in [4.69, 9.17) is 11.6 Å². The minimum absolute atomic E-state index is 0.0226. The zero-order valence-corrected chi connectivity index (χ0v) is 17.7. The molecule has 150 valence electrons. The van der Waals surface area contributed by atoms with E-state index in [-0.39, 0.29) is 17.1 Å². The highest BCUT2D eigenvalue weighted by atomic mass is 35.5. The van der Waals surface area contributed by atoms with Gasteiger partial charge in [-0.15, -0.1) is 0 Å². The first-order chi connectivity index (χ1) is 13.8. The Kier molecular flexibility index (Phi) is 4.99. The van der Waals surface area contributed by atoms with Crippen LogP contribution in [-0.4, -0.2) is 11.7 Å². The summed E-state index contributed by atoms with van der Waals surface area (Å²) in [5.74, 6) is 0.0657. The van der Waals surface area contributed by atoms with Crippen LogP contribution in [0.3, 0.4) is 0 Å². The van der Waals surface area contributed by atoms with Crippen LogP contribution >= 0.6 is 11.6 Å². The SMILES string of the molecule is CCC(=O)N1c2ccccc2NC2=C(C(=O)CC(C)(C)C2)C1c1ccc(Cl)cc1. The van der Waals surface area contributed by atoms with Gasteiger partial charge in [-0.1, -0.05) is 56.6 Å². The Morgan fingerprint density at radius 2 is 1.83 bits per heavy atom. The molecule has 0 aromatic heterocycles. The number of nitrogens with zero attached hydrogens (tertiary/aromatic N) is 1. The monoisotopic (exact) mass is 408 g/mol. The number of rotatable bonds is 2. The molecule has 0 spiro atoms. The number of nitrogens with one attached hydrogen (secondary N) is 1. The quantitative estimate of drug-likeness (QED) is 0.673. The molecule has 0 radical (unpaired) electrons. The lowest BCUT2D eigenvalue weighted by Gasteiger charge is -2.37. The summed E-state index contributed by atoms with van der Waals surface area (Å²) in [6.07, 6.45) is 1.56. The lowest BCUT2D eigenvalue weighted by Crippen LogP contribution is -2.39. The van der Waals surface area contributed by atoms with E-state index in [0.717, 1.165) is 29.1 Å². The smallest absolute Gasteiger partial charge is 0.227 e. The highest BCUT2D eigenvalue weighted by molar-refractivity contribution is 6.30. The van der Waals surface area contributed by atoms with Crippen LogP contribution < -0.4 is 10.2 Å².